The summed E-state index contributed by atoms with van der Waals surface area (Å²) in [6.07, 6.45) is 0. The van der Waals surface area contributed by atoms with Gasteiger partial charge < -0.3 is 0 Å². The summed E-state index contributed by atoms with van der Waals surface area (Å²) in [6.45, 7) is 0. The molecule has 1 N–H and O–H groups in total. The number of hydrogen-bond acceptors (Lipinski definition) is 2. The van der Waals surface area contributed by atoms with Gasteiger partial charge in [-0.3, -0.25) is 4.84 Å². The smallest absolute Gasteiger partial charge is 0.117 e. The molecule has 0 radical (unpaired) electrons. The first kappa shape index (κ1) is 6.20. The maximum atomic E-state index is 5.61. The van der Waals surface area contributed by atoms with Gasteiger partial charge in [0.25, 0.3) is 0 Å². The van der Waals surface area contributed by atoms with Crippen molar-refractivity contribution in [2.45, 2.75) is 0 Å². The van der Waals surface area contributed by atoms with Crippen LogP contribution in [0.5, 0.6) is 0 Å². The molecule has 0 fully saturated rings. The van der Waals surface area contributed by atoms with Crippen molar-refractivity contribution in [2.75, 3.05) is 4.84 Å². The molecule has 0 spiro atoms. The Morgan fingerprint density at radius 3 is 2.62 bits per heavy atom. The Balaban J connectivity index is 2.92. The van der Waals surface area contributed by atoms with Gasteiger partial charge in [0.2, 0.25) is 0 Å². The average Bonchev–Trinajstić information content (AvgIpc) is 2.14. The highest BCUT2D eigenvalue weighted by atomic mass is 35.5. The van der Waals surface area contributed by atoms with Crippen LogP contribution in [0.2, 0.25) is 4.34 Å². The minimum Gasteiger partial charge on any atom is -0.296 e. The summed E-state index contributed by atoms with van der Waals surface area (Å²) < 4.78 is 0.694. The summed E-state index contributed by atoms with van der Waals surface area (Å²) >= 11 is 12.3. The zero-order valence-corrected chi connectivity index (χ0v) is 6.15. The molecule has 0 aromatic carbocycles. The van der Waals surface area contributed by atoms with Gasteiger partial charge in [0.05, 0.1) is 5.69 Å². The Kier molecular flexibility index (Phi) is 2.00. The molecule has 1 aromatic heterocycles. The first-order valence-electron chi connectivity index (χ1n) is 1.94. The Bertz CT molecular complexity index is 174. The van der Waals surface area contributed by atoms with Crippen LogP contribution < -0.4 is 4.84 Å². The van der Waals surface area contributed by atoms with Crippen molar-refractivity contribution in [3.63, 3.8) is 0 Å². The molecular weight excluding hydrogens is 165 g/mol. The van der Waals surface area contributed by atoms with Crippen LogP contribution in [0.25, 0.3) is 0 Å². The molecule has 1 heterocycles. The Morgan fingerprint density at radius 1 is 1.62 bits per heavy atom. The van der Waals surface area contributed by atoms with Crippen LogP contribution in [0.1, 0.15) is 0 Å². The Hall–Kier alpha value is 0.0800. The van der Waals surface area contributed by atoms with E-state index in [2.05, 4.69) is 4.84 Å². The zero-order valence-electron chi connectivity index (χ0n) is 3.82. The number of thiophene rings is 1. The molecule has 0 amide bonds. The minimum absolute atomic E-state index is 0.694. The van der Waals surface area contributed by atoms with E-state index in [4.69, 9.17) is 23.4 Å². The van der Waals surface area contributed by atoms with E-state index >= 15 is 0 Å². The molecule has 1 aromatic rings. The topological polar surface area (TPSA) is 12.0 Å². The van der Waals surface area contributed by atoms with Gasteiger partial charge in [-0.25, -0.2) is 0 Å². The second kappa shape index (κ2) is 2.58. The highest BCUT2D eigenvalue weighted by molar-refractivity contribution is 7.15. The van der Waals surface area contributed by atoms with E-state index in [1.165, 1.54) is 11.3 Å². The van der Waals surface area contributed by atoms with E-state index in [0.29, 0.717) is 4.34 Å². The zero-order chi connectivity index (χ0) is 5.98. The molecule has 0 aliphatic rings. The van der Waals surface area contributed by atoms with Gasteiger partial charge in [-0.2, -0.15) is 0 Å². The number of rotatable bonds is 1. The molecule has 0 saturated heterocycles. The summed E-state index contributed by atoms with van der Waals surface area (Å²) in [6, 6.07) is 1.82. The lowest BCUT2D eigenvalue weighted by atomic mass is 10.6. The lowest BCUT2D eigenvalue weighted by Crippen LogP contribution is -1.72. The van der Waals surface area contributed by atoms with E-state index < -0.39 is 0 Å². The van der Waals surface area contributed by atoms with Crippen LogP contribution in [-0.4, -0.2) is 0 Å². The van der Waals surface area contributed by atoms with Crippen molar-refractivity contribution in [3.8, 4) is 0 Å². The third kappa shape index (κ3) is 1.08. The van der Waals surface area contributed by atoms with Gasteiger partial charge in [0.1, 0.15) is 4.34 Å². The van der Waals surface area contributed by atoms with Gasteiger partial charge >= 0.3 is 0 Å². The number of halogens is 2. The predicted octanol–water partition coefficient (Wildman–Crippen LogP) is 2.97. The van der Waals surface area contributed by atoms with Gasteiger partial charge in [-0.1, -0.05) is 11.6 Å². The molecule has 4 heteroatoms. The fraction of sp³-hybridized carbons (Fsp3) is 0. The summed E-state index contributed by atoms with van der Waals surface area (Å²) in [7, 11) is 0. The summed E-state index contributed by atoms with van der Waals surface area (Å²) in [4.78, 5) is 2.43. The van der Waals surface area contributed by atoms with Crippen molar-refractivity contribution >= 4 is 40.4 Å². The van der Waals surface area contributed by atoms with Crippen molar-refractivity contribution in [1.82, 2.24) is 0 Å². The highest BCUT2D eigenvalue weighted by Gasteiger charge is 1.95. The van der Waals surface area contributed by atoms with E-state index in [1.807, 2.05) is 11.4 Å². The van der Waals surface area contributed by atoms with E-state index in [-0.39, 0.29) is 0 Å². The van der Waals surface area contributed by atoms with E-state index in [9.17, 15) is 0 Å². The molecule has 0 aliphatic heterocycles. The highest BCUT2D eigenvalue weighted by Crippen LogP contribution is 2.27. The van der Waals surface area contributed by atoms with Crippen LogP contribution >= 0.6 is 34.7 Å². The fourth-order valence-electron chi connectivity index (χ4n) is 0.359. The summed E-state index contributed by atoms with van der Waals surface area (Å²) in [5.74, 6) is 0. The lowest BCUT2D eigenvalue weighted by molar-refractivity contribution is 1.86. The van der Waals surface area contributed by atoms with Crippen LogP contribution in [0, 0.1) is 0 Å². The molecular formula is C4H3Cl2NS. The maximum Gasteiger partial charge on any atom is 0.117 e. The molecule has 1 nitrogen and oxygen atoms in total. The van der Waals surface area contributed by atoms with Gasteiger partial charge in [0.15, 0.2) is 0 Å². The molecule has 8 heavy (non-hydrogen) atoms. The van der Waals surface area contributed by atoms with Crippen LogP contribution in [-0.2, 0) is 0 Å². The maximum absolute atomic E-state index is 5.61. The van der Waals surface area contributed by atoms with Gasteiger partial charge in [-0.05, 0) is 11.4 Å². The average molecular weight is 168 g/mol. The molecule has 0 atom stereocenters. The second-order valence-corrected chi connectivity index (χ2v) is 2.91. The minimum atomic E-state index is 0.694. The van der Waals surface area contributed by atoms with Crippen LogP contribution in [0.4, 0.5) is 5.69 Å². The Labute approximate surface area is 61.3 Å². The second-order valence-electron chi connectivity index (χ2n) is 1.20. The van der Waals surface area contributed by atoms with Crippen molar-refractivity contribution in [1.29, 1.82) is 0 Å². The number of anilines is 1. The predicted molar refractivity (Wildman–Crippen MR) is 38.8 cm³/mol. The third-order valence-corrected chi connectivity index (χ3v) is 2.09. The summed E-state index contributed by atoms with van der Waals surface area (Å²) in [5.41, 5.74) is 0.776. The molecule has 0 unspecified atom stereocenters. The van der Waals surface area contributed by atoms with E-state index in [0.717, 1.165) is 5.69 Å². The Morgan fingerprint density at radius 2 is 2.38 bits per heavy atom. The van der Waals surface area contributed by atoms with Crippen molar-refractivity contribution in [3.05, 3.63) is 15.8 Å². The van der Waals surface area contributed by atoms with Gasteiger partial charge in [-0.15, -0.1) is 11.3 Å². The van der Waals surface area contributed by atoms with Crippen molar-refractivity contribution in [2.24, 2.45) is 0 Å². The quantitative estimate of drug-likeness (QED) is 0.635. The normalized spacial score (nSPS) is 9.25. The standard InChI is InChI=1S/C4H3Cl2NS/c5-4-3(7-6)1-2-8-4/h1-2,7H. The van der Waals surface area contributed by atoms with Crippen LogP contribution in [0.15, 0.2) is 11.4 Å². The lowest BCUT2D eigenvalue weighted by Gasteiger charge is -1.87. The first-order chi connectivity index (χ1) is 3.84. The molecule has 0 saturated carbocycles. The van der Waals surface area contributed by atoms with E-state index in [1.54, 1.807) is 0 Å². The number of hydrogen-bond donors (Lipinski definition) is 1. The summed E-state index contributed by atoms with van der Waals surface area (Å²) in [5, 5.41) is 1.87. The molecule has 1 rings (SSSR count). The largest absolute Gasteiger partial charge is 0.296 e. The molecule has 0 bridgehead atoms. The number of nitrogens with one attached hydrogen (secondary N) is 1. The van der Waals surface area contributed by atoms with Crippen LogP contribution in [0.3, 0.4) is 0 Å². The molecule has 44 valence electrons. The monoisotopic (exact) mass is 167 g/mol. The molecule has 0 aliphatic carbocycles. The SMILES string of the molecule is ClNc1ccsc1Cl. The van der Waals surface area contributed by atoms with Gasteiger partial charge in [0, 0.05) is 11.8 Å². The third-order valence-electron chi connectivity index (χ3n) is 0.720. The van der Waals surface area contributed by atoms with Crippen molar-refractivity contribution < 1.29 is 0 Å². The first-order valence-corrected chi connectivity index (χ1v) is 3.58. The fourth-order valence-corrected chi connectivity index (χ4v) is 1.46.